The molecule has 0 fully saturated rings. The molecule has 0 saturated heterocycles. The molecule has 2 nitrogen and oxygen atoms in total. The number of nitrogen functional groups attached to an aromatic ring is 1. The summed E-state index contributed by atoms with van der Waals surface area (Å²) in [4.78, 5) is 4.08. The van der Waals surface area contributed by atoms with E-state index in [0.29, 0.717) is 16.8 Å². The fraction of sp³-hybridized carbons (Fsp3) is 0.100. The smallest absolute Gasteiger partial charge is 0.130 e. The van der Waals surface area contributed by atoms with Gasteiger partial charge in [-0.25, -0.2) is 4.39 Å². The van der Waals surface area contributed by atoms with Crippen molar-refractivity contribution in [3.8, 4) is 0 Å². The lowest BCUT2D eigenvalue weighted by Crippen LogP contribution is -1.94. The summed E-state index contributed by atoms with van der Waals surface area (Å²) in [5, 5.41) is 0.807. The number of halogens is 1. The lowest BCUT2D eigenvalue weighted by atomic mass is 10.1. The minimum atomic E-state index is -0.302. The van der Waals surface area contributed by atoms with Gasteiger partial charge in [-0.15, -0.1) is 0 Å². The molecule has 0 aliphatic heterocycles. The average molecular weight is 176 g/mol. The number of hydrogen-bond donors (Lipinski definition) is 1. The Bertz CT molecular complexity index is 466. The highest BCUT2D eigenvalue weighted by molar-refractivity contribution is 5.92. The summed E-state index contributed by atoms with van der Waals surface area (Å²) < 4.78 is 13.2. The van der Waals surface area contributed by atoms with Gasteiger partial charge in [-0.1, -0.05) is 0 Å². The molecule has 0 aliphatic rings. The third-order valence-electron chi connectivity index (χ3n) is 2.11. The van der Waals surface area contributed by atoms with Gasteiger partial charge < -0.3 is 5.73 Å². The molecule has 66 valence electrons. The SMILES string of the molecule is Cc1c(F)cc(N)c2cccnc12. The van der Waals surface area contributed by atoms with Crippen LogP contribution in [0, 0.1) is 12.7 Å². The first-order valence-corrected chi connectivity index (χ1v) is 3.99. The number of fused-ring (bicyclic) bond motifs is 1. The van der Waals surface area contributed by atoms with Crippen LogP contribution in [-0.2, 0) is 0 Å². The second-order valence-electron chi connectivity index (χ2n) is 2.97. The normalized spacial score (nSPS) is 10.6. The number of nitrogens with two attached hydrogens (primary N) is 1. The number of pyridine rings is 1. The minimum Gasteiger partial charge on any atom is -0.398 e. The molecule has 0 aliphatic carbocycles. The van der Waals surface area contributed by atoms with Gasteiger partial charge in [-0.3, -0.25) is 4.98 Å². The Kier molecular flexibility index (Phi) is 1.65. The Hall–Kier alpha value is -1.64. The summed E-state index contributed by atoms with van der Waals surface area (Å²) in [5.41, 5.74) is 7.27. The molecule has 2 N–H and O–H groups in total. The maximum atomic E-state index is 13.2. The Morgan fingerprint density at radius 3 is 3.00 bits per heavy atom. The van der Waals surface area contributed by atoms with Crippen LogP contribution in [0.1, 0.15) is 5.56 Å². The van der Waals surface area contributed by atoms with Crippen molar-refractivity contribution < 1.29 is 4.39 Å². The van der Waals surface area contributed by atoms with Gasteiger partial charge in [0.25, 0.3) is 0 Å². The number of benzene rings is 1. The Morgan fingerprint density at radius 1 is 1.46 bits per heavy atom. The van der Waals surface area contributed by atoms with E-state index in [4.69, 9.17) is 5.73 Å². The van der Waals surface area contributed by atoms with Gasteiger partial charge in [0.2, 0.25) is 0 Å². The largest absolute Gasteiger partial charge is 0.398 e. The molecular formula is C10H9FN2. The van der Waals surface area contributed by atoms with Gasteiger partial charge in [0, 0.05) is 22.8 Å². The van der Waals surface area contributed by atoms with Gasteiger partial charge in [0.15, 0.2) is 0 Å². The molecule has 1 aromatic carbocycles. The summed E-state index contributed by atoms with van der Waals surface area (Å²) in [7, 11) is 0. The second-order valence-corrected chi connectivity index (χ2v) is 2.97. The van der Waals surface area contributed by atoms with Crippen LogP contribution in [0.4, 0.5) is 10.1 Å². The molecule has 0 atom stereocenters. The van der Waals surface area contributed by atoms with Crippen LogP contribution in [-0.4, -0.2) is 4.98 Å². The number of aromatic nitrogens is 1. The Labute approximate surface area is 75.2 Å². The zero-order valence-corrected chi connectivity index (χ0v) is 7.21. The quantitative estimate of drug-likeness (QED) is 0.625. The summed E-state index contributed by atoms with van der Waals surface area (Å²) in [6, 6.07) is 4.96. The maximum Gasteiger partial charge on any atom is 0.130 e. The zero-order valence-electron chi connectivity index (χ0n) is 7.21. The van der Waals surface area contributed by atoms with Gasteiger partial charge in [-0.2, -0.15) is 0 Å². The average Bonchev–Trinajstić information content (AvgIpc) is 2.15. The summed E-state index contributed by atoms with van der Waals surface area (Å²) >= 11 is 0. The van der Waals surface area contributed by atoms with Crippen molar-refractivity contribution in [1.29, 1.82) is 0 Å². The highest BCUT2D eigenvalue weighted by Crippen LogP contribution is 2.24. The van der Waals surface area contributed by atoms with E-state index in [9.17, 15) is 4.39 Å². The molecule has 0 radical (unpaired) electrons. The number of anilines is 1. The predicted molar refractivity (Wildman–Crippen MR) is 50.9 cm³/mol. The van der Waals surface area contributed by atoms with E-state index in [1.807, 2.05) is 6.07 Å². The van der Waals surface area contributed by atoms with Crippen molar-refractivity contribution >= 4 is 16.6 Å². The molecule has 0 bridgehead atoms. The maximum absolute atomic E-state index is 13.2. The fourth-order valence-corrected chi connectivity index (χ4v) is 1.37. The van der Waals surface area contributed by atoms with Crippen LogP contribution in [0.2, 0.25) is 0 Å². The molecule has 2 rings (SSSR count). The molecule has 3 heteroatoms. The number of rotatable bonds is 0. The highest BCUT2D eigenvalue weighted by atomic mass is 19.1. The molecule has 0 unspecified atom stereocenters. The summed E-state index contributed by atoms with van der Waals surface area (Å²) in [6.07, 6.45) is 1.63. The first-order chi connectivity index (χ1) is 6.20. The van der Waals surface area contributed by atoms with Crippen molar-refractivity contribution in [2.24, 2.45) is 0 Å². The van der Waals surface area contributed by atoms with E-state index >= 15 is 0 Å². The zero-order chi connectivity index (χ0) is 9.42. The van der Waals surface area contributed by atoms with Gasteiger partial charge in [-0.05, 0) is 25.1 Å². The topological polar surface area (TPSA) is 38.9 Å². The van der Waals surface area contributed by atoms with Gasteiger partial charge in [0.05, 0.1) is 5.52 Å². The van der Waals surface area contributed by atoms with E-state index in [-0.39, 0.29) is 5.82 Å². The molecule has 0 spiro atoms. The molecule has 0 saturated carbocycles. The molecule has 0 amide bonds. The Morgan fingerprint density at radius 2 is 2.23 bits per heavy atom. The fourth-order valence-electron chi connectivity index (χ4n) is 1.37. The van der Waals surface area contributed by atoms with Crippen molar-refractivity contribution in [3.05, 3.63) is 35.8 Å². The second kappa shape index (κ2) is 2.69. The van der Waals surface area contributed by atoms with Crippen LogP contribution in [0.25, 0.3) is 10.9 Å². The monoisotopic (exact) mass is 176 g/mol. The molecule has 13 heavy (non-hydrogen) atoms. The van der Waals surface area contributed by atoms with Crippen molar-refractivity contribution in [3.63, 3.8) is 0 Å². The number of nitrogens with zero attached hydrogens (tertiary/aromatic N) is 1. The first-order valence-electron chi connectivity index (χ1n) is 3.99. The van der Waals surface area contributed by atoms with E-state index < -0.39 is 0 Å². The lowest BCUT2D eigenvalue weighted by Gasteiger charge is -2.04. The minimum absolute atomic E-state index is 0.302. The lowest BCUT2D eigenvalue weighted by molar-refractivity contribution is 0.621. The van der Waals surface area contributed by atoms with Crippen molar-refractivity contribution in [1.82, 2.24) is 4.98 Å². The standard InChI is InChI=1S/C10H9FN2/c1-6-8(11)5-9(12)7-3-2-4-13-10(6)7/h2-5H,12H2,1H3. The predicted octanol–water partition coefficient (Wildman–Crippen LogP) is 2.26. The molecule has 1 heterocycles. The van der Waals surface area contributed by atoms with E-state index in [1.165, 1.54) is 6.07 Å². The summed E-state index contributed by atoms with van der Waals surface area (Å²) in [6.45, 7) is 1.70. The van der Waals surface area contributed by atoms with Crippen LogP contribution in [0.3, 0.4) is 0 Å². The third-order valence-corrected chi connectivity index (χ3v) is 2.11. The third kappa shape index (κ3) is 1.13. The summed E-state index contributed by atoms with van der Waals surface area (Å²) in [5.74, 6) is -0.302. The van der Waals surface area contributed by atoms with Crippen LogP contribution < -0.4 is 5.73 Å². The van der Waals surface area contributed by atoms with E-state index in [1.54, 1.807) is 19.2 Å². The van der Waals surface area contributed by atoms with Gasteiger partial charge in [0.1, 0.15) is 5.82 Å². The number of hydrogen-bond acceptors (Lipinski definition) is 2. The Balaban J connectivity index is 2.97. The highest BCUT2D eigenvalue weighted by Gasteiger charge is 2.06. The first kappa shape index (κ1) is 7.98. The molecule has 2 aromatic rings. The van der Waals surface area contributed by atoms with E-state index in [0.717, 1.165) is 5.39 Å². The van der Waals surface area contributed by atoms with E-state index in [2.05, 4.69) is 4.98 Å². The molecular weight excluding hydrogens is 167 g/mol. The van der Waals surface area contributed by atoms with Crippen molar-refractivity contribution in [2.75, 3.05) is 5.73 Å². The van der Waals surface area contributed by atoms with Crippen molar-refractivity contribution in [2.45, 2.75) is 6.92 Å². The molecule has 1 aromatic heterocycles. The van der Waals surface area contributed by atoms with Crippen LogP contribution >= 0.6 is 0 Å². The van der Waals surface area contributed by atoms with Crippen LogP contribution in [0.15, 0.2) is 24.4 Å². The number of aryl methyl sites for hydroxylation is 1. The van der Waals surface area contributed by atoms with Crippen LogP contribution in [0.5, 0.6) is 0 Å². The van der Waals surface area contributed by atoms with Gasteiger partial charge >= 0.3 is 0 Å².